The van der Waals surface area contributed by atoms with Crippen LogP contribution in [-0.2, 0) is 6.54 Å². The van der Waals surface area contributed by atoms with Gasteiger partial charge in [-0.2, -0.15) is 0 Å². The van der Waals surface area contributed by atoms with E-state index >= 15 is 0 Å². The lowest BCUT2D eigenvalue weighted by Crippen LogP contribution is -2.37. The fourth-order valence-electron chi connectivity index (χ4n) is 4.65. The molecule has 0 bridgehead atoms. The van der Waals surface area contributed by atoms with Crippen LogP contribution in [0.3, 0.4) is 0 Å². The average Bonchev–Trinajstić information content (AvgIpc) is 3.64. The van der Waals surface area contributed by atoms with Gasteiger partial charge in [0.05, 0.1) is 12.2 Å². The largest absolute Gasteiger partial charge is 0.493 e. The average molecular weight is 522 g/mol. The molecule has 0 radical (unpaired) electrons. The minimum absolute atomic E-state index is 0.0762. The van der Waals surface area contributed by atoms with Crippen LogP contribution in [0.5, 0.6) is 5.75 Å². The number of amides is 1. The van der Waals surface area contributed by atoms with E-state index < -0.39 is 11.7 Å². The maximum Gasteiger partial charge on any atom is 0.265 e. The van der Waals surface area contributed by atoms with E-state index in [0.29, 0.717) is 35.8 Å². The van der Waals surface area contributed by atoms with Crippen molar-refractivity contribution in [1.82, 2.24) is 13.9 Å². The second-order valence-electron chi connectivity index (χ2n) is 9.74. The topological polar surface area (TPSA) is 44.8 Å². The second kappa shape index (κ2) is 11.0. The Bertz CT molecular complexity index is 1080. The number of hydrogen-bond acceptors (Lipinski definition) is 5. The molecule has 2 aromatic rings. The molecule has 2 aromatic carbocycles. The summed E-state index contributed by atoms with van der Waals surface area (Å²) in [5, 5.41) is 0.445. The molecule has 2 heterocycles. The lowest BCUT2D eigenvalue weighted by atomic mass is 9.98. The standard InChI is InChI=1S/C26H30ClF2N3O2S/c27-23-11-20(28)7-6-19(23)15-31-8-1-3-17(14-31)16-34-25-13-24(29)22(12-21(25)18-4-5-18)26(33)30-35-32-9-2-10-32/h6-7,11-13,17-18H,1-5,8-10,14-16H2,(H,30,33). The molecule has 1 amide bonds. The molecule has 9 heteroatoms. The number of carbonyl (C=O) groups is 1. The summed E-state index contributed by atoms with van der Waals surface area (Å²) in [5.41, 5.74) is 1.91. The van der Waals surface area contributed by atoms with Crippen molar-refractivity contribution in [3.8, 4) is 5.75 Å². The monoisotopic (exact) mass is 521 g/mol. The quantitative estimate of drug-likeness (QED) is 0.423. The molecule has 2 aliphatic heterocycles. The maximum absolute atomic E-state index is 14.9. The van der Waals surface area contributed by atoms with E-state index in [1.807, 2.05) is 4.31 Å². The van der Waals surface area contributed by atoms with Crippen molar-refractivity contribution < 1.29 is 18.3 Å². The van der Waals surface area contributed by atoms with Gasteiger partial charge in [-0.15, -0.1) is 0 Å². The summed E-state index contributed by atoms with van der Waals surface area (Å²) >= 11 is 7.46. The number of nitrogens with one attached hydrogen (secondary N) is 1. The number of hydrogen-bond donors (Lipinski definition) is 1. The number of nitrogens with zero attached hydrogens (tertiary/aromatic N) is 2. The first kappa shape index (κ1) is 24.8. The summed E-state index contributed by atoms with van der Waals surface area (Å²) in [6, 6.07) is 7.59. The van der Waals surface area contributed by atoms with Crippen molar-refractivity contribution in [2.45, 2.75) is 44.6 Å². The summed E-state index contributed by atoms with van der Waals surface area (Å²) in [6.45, 7) is 4.81. The zero-order chi connectivity index (χ0) is 24.4. The Kier molecular flexibility index (Phi) is 7.82. The lowest BCUT2D eigenvalue weighted by Gasteiger charge is -2.33. The number of likely N-dealkylation sites (tertiary alicyclic amines) is 1. The molecule has 1 N–H and O–H groups in total. The van der Waals surface area contributed by atoms with Crippen molar-refractivity contribution in [3.63, 3.8) is 0 Å². The van der Waals surface area contributed by atoms with Crippen LogP contribution in [0.25, 0.3) is 0 Å². The van der Waals surface area contributed by atoms with E-state index in [-0.39, 0.29) is 11.4 Å². The van der Waals surface area contributed by atoms with E-state index in [9.17, 15) is 13.6 Å². The summed E-state index contributed by atoms with van der Waals surface area (Å²) < 4.78 is 39.2. The molecular weight excluding hydrogens is 492 g/mol. The van der Waals surface area contributed by atoms with Gasteiger partial charge in [0.25, 0.3) is 5.91 Å². The van der Waals surface area contributed by atoms with Gasteiger partial charge in [0.2, 0.25) is 0 Å². The van der Waals surface area contributed by atoms with Gasteiger partial charge in [-0.25, -0.2) is 13.1 Å². The molecule has 1 aliphatic carbocycles. The summed E-state index contributed by atoms with van der Waals surface area (Å²) in [6.07, 6.45) is 5.24. The summed E-state index contributed by atoms with van der Waals surface area (Å²) in [4.78, 5) is 14.9. The highest BCUT2D eigenvalue weighted by Gasteiger charge is 2.30. The summed E-state index contributed by atoms with van der Waals surface area (Å²) in [7, 11) is 0. The third-order valence-electron chi connectivity index (χ3n) is 6.93. The Labute approximate surface area is 214 Å². The highest BCUT2D eigenvalue weighted by atomic mass is 35.5. The first-order valence-corrected chi connectivity index (χ1v) is 13.5. The molecule has 5 rings (SSSR count). The van der Waals surface area contributed by atoms with E-state index in [1.165, 1.54) is 30.3 Å². The molecule has 1 saturated carbocycles. The van der Waals surface area contributed by atoms with Gasteiger partial charge in [-0.3, -0.25) is 14.4 Å². The zero-order valence-electron chi connectivity index (χ0n) is 19.6. The predicted octanol–water partition coefficient (Wildman–Crippen LogP) is 5.79. The van der Waals surface area contributed by atoms with Crippen LogP contribution in [0.4, 0.5) is 8.78 Å². The second-order valence-corrected chi connectivity index (χ2v) is 11.0. The van der Waals surface area contributed by atoms with Crippen molar-refractivity contribution in [2.24, 2.45) is 5.92 Å². The van der Waals surface area contributed by atoms with Crippen LogP contribution in [0.15, 0.2) is 30.3 Å². The minimum atomic E-state index is -0.553. The van der Waals surface area contributed by atoms with Crippen molar-refractivity contribution >= 4 is 29.6 Å². The Balaban J connectivity index is 1.20. The molecule has 35 heavy (non-hydrogen) atoms. The molecule has 1 unspecified atom stereocenters. The maximum atomic E-state index is 14.9. The van der Waals surface area contributed by atoms with Gasteiger partial charge in [0.1, 0.15) is 17.4 Å². The Morgan fingerprint density at radius 1 is 1.11 bits per heavy atom. The SMILES string of the molecule is O=C(NSN1CCC1)c1cc(C2CC2)c(OCC2CCCN(Cc3ccc(F)cc3Cl)C2)cc1F. The van der Waals surface area contributed by atoms with Crippen LogP contribution >= 0.6 is 23.7 Å². The number of piperidine rings is 1. The number of carbonyl (C=O) groups excluding carboxylic acids is 1. The Morgan fingerprint density at radius 3 is 2.66 bits per heavy atom. The van der Waals surface area contributed by atoms with Crippen molar-refractivity contribution in [3.05, 3.63) is 63.7 Å². The van der Waals surface area contributed by atoms with Gasteiger partial charge in [0, 0.05) is 55.3 Å². The van der Waals surface area contributed by atoms with Crippen LogP contribution < -0.4 is 9.46 Å². The molecule has 3 fully saturated rings. The van der Waals surface area contributed by atoms with Crippen molar-refractivity contribution in [2.75, 3.05) is 32.8 Å². The zero-order valence-corrected chi connectivity index (χ0v) is 21.1. The molecule has 0 spiro atoms. The van der Waals surface area contributed by atoms with E-state index in [0.717, 1.165) is 69.4 Å². The third-order valence-corrected chi connectivity index (χ3v) is 8.18. The number of ether oxygens (including phenoxy) is 1. The van der Waals surface area contributed by atoms with Gasteiger partial charge >= 0.3 is 0 Å². The summed E-state index contributed by atoms with van der Waals surface area (Å²) in [5.74, 6) is -0.119. The predicted molar refractivity (Wildman–Crippen MR) is 135 cm³/mol. The van der Waals surface area contributed by atoms with Gasteiger partial charge in [-0.1, -0.05) is 17.7 Å². The minimum Gasteiger partial charge on any atom is -0.493 e. The number of halogens is 3. The van der Waals surface area contributed by atoms with Crippen LogP contribution in [0.2, 0.25) is 5.02 Å². The van der Waals surface area contributed by atoms with E-state index in [4.69, 9.17) is 16.3 Å². The molecule has 3 aliphatic rings. The van der Waals surface area contributed by atoms with Crippen LogP contribution in [0.1, 0.15) is 59.5 Å². The highest BCUT2D eigenvalue weighted by Crippen LogP contribution is 2.45. The first-order valence-electron chi connectivity index (χ1n) is 12.3. The van der Waals surface area contributed by atoms with Crippen molar-refractivity contribution in [1.29, 1.82) is 0 Å². The van der Waals surface area contributed by atoms with Gasteiger partial charge < -0.3 is 4.74 Å². The van der Waals surface area contributed by atoms with E-state index in [1.54, 1.807) is 12.1 Å². The van der Waals surface area contributed by atoms with Gasteiger partial charge in [-0.05, 0) is 73.9 Å². The van der Waals surface area contributed by atoms with Gasteiger partial charge in [0.15, 0.2) is 0 Å². The smallest absolute Gasteiger partial charge is 0.265 e. The lowest BCUT2D eigenvalue weighted by molar-refractivity contribution is 0.0978. The number of rotatable bonds is 9. The highest BCUT2D eigenvalue weighted by molar-refractivity contribution is 7.95. The fourth-order valence-corrected chi connectivity index (χ4v) is 5.64. The van der Waals surface area contributed by atoms with E-state index in [2.05, 4.69) is 9.62 Å². The molecule has 5 nitrogen and oxygen atoms in total. The molecular formula is C26H30ClF2N3O2S. The van der Waals surface area contributed by atoms with Crippen LogP contribution in [-0.4, -0.2) is 47.9 Å². The third kappa shape index (κ3) is 6.28. The molecule has 188 valence electrons. The Morgan fingerprint density at radius 2 is 1.94 bits per heavy atom. The van der Waals surface area contributed by atoms with Crippen LogP contribution in [0, 0.1) is 17.6 Å². The molecule has 0 aromatic heterocycles. The normalized spacial score (nSPS) is 20.9. The molecule has 2 saturated heterocycles. The number of benzene rings is 2. The Hall–Kier alpha value is -1.87. The first-order chi connectivity index (χ1) is 17.0. The fraction of sp³-hybridized carbons (Fsp3) is 0.500. The molecule has 1 atom stereocenters.